The number of aryl methyl sites for hydroxylation is 1. The quantitative estimate of drug-likeness (QED) is 0.615. The van der Waals surface area contributed by atoms with Crippen LogP contribution in [-0.4, -0.2) is 49.7 Å². The Bertz CT molecular complexity index is 1060. The number of nitrogens with zero attached hydrogens (tertiary/aromatic N) is 5. The molecule has 8 nitrogen and oxygen atoms in total. The number of ether oxygens (including phenoxy) is 1. The Hall–Kier alpha value is -2.39. The number of hydrogen-bond acceptors (Lipinski definition) is 8. The Morgan fingerprint density at radius 3 is 2.86 bits per heavy atom. The van der Waals surface area contributed by atoms with Crippen molar-refractivity contribution in [2.45, 2.75) is 57.8 Å². The van der Waals surface area contributed by atoms with E-state index in [9.17, 15) is 0 Å². The number of nitrogen functional groups attached to an aromatic ring is 1. The summed E-state index contributed by atoms with van der Waals surface area (Å²) in [5.74, 6) is 2.06. The van der Waals surface area contributed by atoms with Crippen molar-refractivity contribution in [2.75, 3.05) is 18.6 Å². The van der Waals surface area contributed by atoms with E-state index in [2.05, 4.69) is 34.1 Å². The maximum Gasteiger partial charge on any atom is 0.223 e. The van der Waals surface area contributed by atoms with Crippen molar-refractivity contribution < 1.29 is 4.74 Å². The zero-order chi connectivity index (χ0) is 20.7. The molecule has 0 bridgehead atoms. The van der Waals surface area contributed by atoms with Gasteiger partial charge in [-0.1, -0.05) is 13.8 Å². The highest BCUT2D eigenvalue weighted by molar-refractivity contribution is 7.99. The van der Waals surface area contributed by atoms with Crippen LogP contribution in [0.25, 0.3) is 11.0 Å². The molecule has 1 atom stereocenters. The van der Waals surface area contributed by atoms with Crippen molar-refractivity contribution in [1.82, 2.24) is 30.0 Å². The summed E-state index contributed by atoms with van der Waals surface area (Å²) in [6.45, 7) is 8.84. The normalized spacial score (nSPS) is 16.4. The zero-order valence-corrected chi connectivity index (χ0v) is 18.3. The molecule has 0 amide bonds. The number of methoxy groups -OCH3 is 1. The van der Waals surface area contributed by atoms with Crippen molar-refractivity contribution >= 4 is 28.7 Å². The van der Waals surface area contributed by atoms with E-state index in [-0.39, 0.29) is 5.95 Å². The smallest absolute Gasteiger partial charge is 0.223 e. The summed E-state index contributed by atoms with van der Waals surface area (Å²) < 4.78 is 7.45. The molecule has 1 aliphatic rings. The van der Waals surface area contributed by atoms with Gasteiger partial charge in [0.1, 0.15) is 10.8 Å². The van der Waals surface area contributed by atoms with Crippen LogP contribution in [0.15, 0.2) is 11.2 Å². The maximum absolute atomic E-state index is 6.03. The fraction of sp³-hybridized carbons (Fsp3) is 0.500. The van der Waals surface area contributed by atoms with Crippen molar-refractivity contribution in [1.29, 1.82) is 0 Å². The molecular weight excluding hydrogens is 386 g/mol. The molecule has 9 heteroatoms. The molecule has 0 spiro atoms. The summed E-state index contributed by atoms with van der Waals surface area (Å²) in [6, 6.07) is 0.726. The third kappa shape index (κ3) is 3.76. The molecule has 0 aliphatic carbocycles. The fourth-order valence-electron chi connectivity index (χ4n) is 3.91. The van der Waals surface area contributed by atoms with Crippen LogP contribution in [0.5, 0.6) is 5.75 Å². The molecule has 3 N–H and O–H groups in total. The van der Waals surface area contributed by atoms with Crippen molar-refractivity contribution in [3.8, 4) is 5.75 Å². The number of nitrogens with one attached hydrogen (secondary N) is 1. The Labute approximate surface area is 174 Å². The van der Waals surface area contributed by atoms with Gasteiger partial charge in [-0.25, -0.2) is 9.67 Å². The van der Waals surface area contributed by atoms with Gasteiger partial charge in [0.25, 0.3) is 0 Å². The lowest BCUT2D eigenvalue weighted by Crippen LogP contribution is -2.38. The molecule has 3 aromatic rings. The van der Waals surface area contributed by atoms with E-state index in [4.69, 9.17) is 15.6 Å². The first-order valence-electron chi connectivity index (χ1n) is 9.78. The first-order valence-corrected chi connectivity index (χ1v) is 10.8. The van der Waals surface area contributed by atoms with E-state index >= 15 is 0 Å². The zero-order valence-electron chi connectivity index (χ0n) is 17.5. The summed E-state index contributed by atoms with van der Waals surface area (Å²) in [6.07, 6.45) is 2.67. The average Bonchev–Trinajstić information content (AvgIpc) is 2.89. The van der Waals surface area contributed by atoms with E-state index < -0.39 is 0 Å². The van der Waals surface area contributed by atoms with Gasteiger partial charge in [-0.15, -0.1) is 11.8 Å². The third-order valence-corrected chi connectivity index (χ3v) is 6.27. The topological polar surface area (TPSA) is 104 Å². The highest BCUT2D eigenvalue weighted by Crippen LogP contribution is 2.34. The second kappa shape index (κ2) is 7.79. The first-order chi connectivity index (χ1) is 13.9. The van der Waals surface area contributed by atoms with E-state index in [1.165, 1.54) is 0 Å². The van der Waals surface area contributed by atoms with Gasteiger partial charge in [-0.3, -0.25) is 4.98 Å². The Morgan fingerprint density at radius 1 is 1.34 bits per heavy atom. The lowest BCUT2D eigenvalue weighted by molar-refractivity contribution is 0.406. The molecule has 4 rings (SSSR count). The second-order valence-corrected chi connectivity index (χ2v) is 8.78. The van der Waals surface area contributed by atoms with E-state index in [0.717, 1.165) is 56.5 Å². The molecule has 3 aromatic heterocycles. The van der Waals surface area contributed by atoms with Crippen LogP contribution in [0, 0.1) is 13.8 Å². The summed E-state index contributed by atoms with van der Waals surface area (Å²) in [7, 11) is 1.69. The van der Waals surface area contributed by atoms with E-state index in [1.807, 2.05) is 24.7 Å². The molecule has 1 unspecified atom stereocenters. The molecule has 0 fully saturated rings. The van der Waals surface area contributed by atoms with Crippen LogP contribution in [0.1, 0.15) is 36.4 Å². The number of thioether (sulfide) groups is 1. The average molecular weight is 414 g/mol. The van der Waals surface area contributed by atoms with Crippen molar-refractivity contribution in [3.63, 3.8) is 0 Å². The molecule has 29 heavy (non-hydrogen) atoms. The number of pyridine rings is 1. The molecule has 0 saturated heterocycles. The largest absolute Gasteiger partial charge is 0.496 e. The van der Waals surface area contributed by atoms with Crippen LogP contribution in [-0.2, 0) is 13.0 Å². The third-order valence-electron chi connectivity index (χ3n) is 5.13. The number of hydrogen-bond donors (Lipinski definition) is 2. The minimum Gasteiger partial charge on any atom is -0.496 e. The van der Waals surface area contributed by atoms with Crippen LogP contribution >= 0.6 is 11.8 Å². The molecule has 4 heterocycles. The minimum atomic E-state index is 0.272. The van der Waals surface area contributed by atoms with Gasteiger partial charge in [0, 0.05) is 41.6 Å². The second-order valence-electron chi connectivity index (χ2n) is 7.77. The summed E-state index contributed by atoms with van der Waals surface area (Å²) in [4.78, 5) is 13.6. The molecule has 0 saturated carbocycles. The van der Waals surface area contributed by atoms with Gasteiger partial charge in [-0.2, -0.15) is 10.1 Å². The SMILES string of the molecule is COc1c(C)cnc(Cn2nc3c4c(nc(N)nc42)SCC(NC(C)C)C3)c1C. The number of rotatable bonds is 5. The predicted octanol–water partition coefficient (Wildman–Crippen LogP) is 2.49. The Balaban J connectivity index is 1.78. The van der Waals surface area contributed by atoms with Gasteiger partial charge in [0.2, 0.25) is 5.95 Å². The highest BCUT2D eigenvalue weighted by atomic mass is 32.2. The van der Waals surface area contributed by atoms with Crippen LogP contribution < -0.4 is 15.8 Å². The van der Waals surface area contributed by atoms with Crippen molar-refractivity contribution in [3.05, 3.63) is 28.7 Å². The molecular formula is C20H27N7OS. The highest BCUT2D eigenvalue weighted by Gasteiger charge is 2.26. The maximum atomic E-state index is 6.03. The lowest BCUT2D eigenvalue weighted by Gasteiger charge is -2.18. The Morgan fingerprint density at radius 2 is 2.14 bits per heavy atom. The number of aromatic nitrogens is 5. The summed E-state index contributed by atoms with van der Waals surface area (Å²) in [5.41, 5.74) is 10.7. The molecule has 154 valence electrons. The van der Waals surface area contributed by atoms with Crippen LogP contribution in [0.4, 0.5) is 5.95 Å². The van der Waals surface area contributed by atoms with Crippen LogP contribution in [0.2, 0.25) is 0 Å². The standard InChI is InChI=1S/C20H27N7OS/c1-10(2)23-13-6-14-16-18(24-20(21)25-19(16)29-9-13)27(26-14)8-15-12(4)17(28-5)11(3)7-22-15/h7,10,13,23H,6,8-9H2,1-5H3,(H2,21,24,25). The van der Waals surface area contributed by atoms with Gasteiger partial charge < -0.3 is 15.8 Å². The van der Waals surface area contributed by atoms with Crippen LogP contribution in [0.3, 0.4) is 0 Å². The molecule has 1 aliphatic heterocycles. The predicted molar refractivity (Wildman–Crippen MR) is 116 cm³/mol. The van der Waals surface area contributed by atoms with E-state index in [1.54, 1.807) is 18.9 Å². The van der Waals surface area contributed by atoms with Crippen molar-refractivity contribution in [2.24, 2.45) is 0 Å². The molecule has 0 aromatic carbocycles. The minimum absolute atomic E-state index is 0.272. The number of nitrogens with two attached hydrogens (primary N) is 1. The van der Waals surface area contributed by atoms with E-state index in [0.29, 0.717) is 18.6 Å². The van der Waals surface area contributed by atoms with Gasteiger partial charge >= 0.3 is 0 Å². The van der Waals surface area contributed by atoms with Gasteiger partial charge in [0.05, 0.1) is 30.4 Å². The lowest BCUT2D eigenvalue weighted by atomic mass is 10.1. The first kappa shape index (κ1) is 19.9. The van der Waals surface area contributed by atoms with Gasteiger partial charge in [-0.05, 0) is 13.8 Å². The number of anilines is 1. The summed E-state index contributed by atoms with van der Waals surface area (Å²) in [5, 5.41) is 10.5. The summed E-state index contributed by atoms with van der Waals surface area (Å²) >= 11 is 1.71. The molecule has 0 radical (unpaired) electrons. The monoisotopic (exact) mass is 413 g/mol. The Kier molecular flexibility index (Phi) is 5.35. The van der Waals surface area contributed by atoms with Gasteiger partial charge in [0.15, 0.2) is 5.65 Å². The fourth-order valence-corrected chi connectivity index (χ4v) is 4.99.